The molecule has 1 aliphatic carbocycles. The molecule has 13 nitrogen and oxygen atoms in total. The standard InChI is InChI=1S/C43H77O13P/c1-3-5-7-9-11-13-15-17-18-20-22-24-26-28-30-32-37(45)55-35(34-54-57(51,52)56-43-41(49)39(47)38(46)40(48)42(43)50)33-53-36(44)31-29-27-25-23-21-19-16-14-12-10-8-6-4-2/h11,13,17-18,22,24,35,38-43,46-50H,3-10,12,14-16,19-21,23,25-34H2,1-2H3,(H,51,52)/b13-11-,18-17-,24-22-/t35-,38?,39-,40?,41?,42?,43?/m1/s1. The molecule has 57 heavy (non-hydrogen) atoms. The lowest BCUT2D eigenvalue weighted by Crippen LogP contribution is -2.64. The first-order valence-electron chi connectivity index (χ1n) is 21.8. The molecule has 0 aromatic heterocycles. The molecule has 0 saturated heterocycles. The summed E-state index contributed by atoms with van der Waals surface area (Å²) in [5.74, 6) is -1.14. The van der Waals surface area contributed by atoms with Crippen LogP contribution in [0.4, 0.5) is 0 Å². The first-order chi connectivity index (χ1) is 27.4. The molecular formula is C43H77O13P. The van der Waals surface area contributed by atoms with Gasteiger partial charge in [-0.05, 0) is 51.4 Å². The van der Waals surface area contributed by atoms with Crippen LogP contribution >= 0.6 is 7.82 Å². The normalized spacial score (nSPS) is 23.0. The van der Waals surface area contributed by atoms with E-state index in [2.05, 4.69) is 50.3 Å². The number of carbonyl (C=O) groups excluding carboxylic acids is 2. The predicted octanol–water partition coefficient (Wildman–Crippen LogP) is 7.83. The molecule has 0 aromatic rings. The molecule has 1 fully saturated rings. The van der Waals surface area contributed by atoms with E-state index in [1.807, 2.05) is 0 Å². The summed E-state index contributed by atoms with van der Waals surface area (Å²) in [4.78, 5) is 35.6. The summed E-state index contributed by atoms with van der Waals surface area (Å²) >= 11 is 0. The number of hydrogen-bond acceptors (Lipinski definition) is 12. The Labute approximate surface area is 342 Å². The Balaban J connectivity index is 2.53. The van der Waals surface area contributed by atoms with Crippen molar-refractivity contribution in [3.63, 3.8) is 0 Å². The minimum atomic E-state index is -5.12. The lowest BCUT2D eigenvalue weighted by Gasteiger charge is -2.41. The smallest absolute Gasteiger partial charge is 0.462 e. The second-order valence-electron chi connectivity index (χ2n) is 15.2. The lowest BCUT2D eigenvalue weighted by atomic mass is 9.85. The van der Waals surface area contributed by atoms with E-state index in [1.54, 1.807) is 0 Å². The molecule has 0 amide bonds. The van der Waals surface area contributed by atoms with E-state index in [-0.39, 0.29) is 12.8 Å². The van der Waals surface area contributed by atoms with E-state index in [0.717, 1.165) is 51.4 Å². The van der Waals surface area contributed by atoms with Gasteiger partial charge in [0.1, 0.15) is 43.2 Å². The molecule has 6 unspecified atom stereocenters. The van der Waals surface area contributed by atoms with Gasteiger partial charge in [-0.2, -0.15) is 0 Å². The molecule has 1 saturated carbocycles. The monoisotopic (exact) mass is 833 g/mol. The van der Waals surface area contributed by atoms with Crippen LogP contribution in [0.15, 0.2) is 36.5 Å². The Kier molecular flexibility index (Phi) is 31.5. The summed E-state index contributed by atoms with van der Waals surface area (Å²) in [6, 6.07) is 0. The summed E-state index contributed by atoms with van der Waals surface area (Å²) in [6.07, 6.45) is 23.5. The minimum Gasteiger partial charge on any atom is -0.462 e. The van der Waals surface area contributed by atoms with Crippen LogP contribution in [-0.4, -0.2) is 98.3 Å². The molecule has 1 rings (SSSR count). The highest BCUT2D eigenvalue weighted by atomic mass is 31.2. The van der Waals surface area contributed by atoms with Gasteiger partial charge in [-0.15, -0.1) is 0 Å². The van der Waals surface area contributed by atoms with Crippen molar-refractivity contribution in [3.05, 3.63) is 36.5 Å². The zero-order valence-electron chi connectivity index (χ0n) is 34.9. The molecule has 0 aromatic carbocycles. The van der Waals surface area contributed by atoms with Gasteiger partial charge in [-0.3, -0.25) is 18.6 Å². The van der Waals surface area contributed by atoms with Crippen molar-refractivity contribution in [3.8, 4) is 0 Å². The Morgan fingerprint density at radius 3 is 1.47 bits per heavy atom. The molecule has 0 spiro atoms. The van der Waals surface area contributed by atoms with E-state index in [4.69, 9.17) is 18.5 Å². The van der Waals surface area contributed by atoms with Gasteiger partial charge in [-0.25, -0.2) is 4.57 Å². The fourth-order valence-electron chi connectivity index (χ4n) is 6.41. The SMILES string of the molecule is CCCCC/C=C\C/C=C\C/C=C\CCCCC(=O)O[C@H](COC(=O)CCCCCCCCCCCCCCC)COP(=O)(O)OC1C(O)C(O)C(O)[C@@H](O)C1O. The van der Waals surface area contributed by atoms with Crippen molar-refractivity contribution in [2.45, 2.75) is 211 Å². The fourth-order valence-corrected chi connectivity index (χ4v) is 7.38. The first kappa shape index (κ1) is 53.1. The average Bonchev–Trinajstić information content (AvgIpc) is 3.19. The van der Waals surface area contributed by atoms with Gasteiger partial charge in [0.15, 0.2) is 6.10 Å². The van der Waals surface area contributed by atoms with Gasteiger partial charge in [0, 0.05) is 12.8 Å². The number of phosphoric ester groups is 1. The number of allylic oxidation sites excluding steroid dienone is 6. The van der Waals surface area contributed by atoms with Crippen LogP contribution < -0.4 is 0 Å². The Morgan fingerprint density at radius 2 is 0.947 bits per heavy atom. The number of hydrogen-bond donors (Lipinski definition) is 6. The third-order valence-electron chi connectivity index (χ3n) is 9.98. The zero-order chi connectivity index (χ0) is 42.2. The van der Waals surface area contributed by atoms with Crippen LogP contribution in [0.2, 0.25) is 0 Å². The maximum Gasteiger partial charge on any atom is 0.472 e. The van der Waals surface area contributed by atoms with Crippen LogP contribution in [-0.2, 0) is 32.7 Å². The number of rotatable bonds is 35. The van der Waals surface area contributed by atoms with Crippen molar-refractivity contribution < 1.29 is 63.1 Å². The summed E-state index contributed by atoms with van der Waals surface area (Å²) in [5, 5.41) is 50.0. The number of ether oxygens (including phenoxy) is 2. The first-order valence-corrected chi connectivity index (χ1v) is 23.3. The highest BCUT2D eigenvalue weighted by Crippen LogP contribution is 2.47. The number of aliphatic hydroxyl groups is 5. The molecule has 0 bridgehead atoms. The van der Waals surface area contributed by atoms with Gasteiger partial charge in [0.2, 0.25) is 0 Å². The van der Waals surface area contributed by atoms with Crippen molar-refractivity contribution >= 4 is 19.8 Å². The number of aliphatic hydroxyl groups excluding tert-OH is 5. The molecule has 1 aliphatic rings. The number of phosphoric acid groups is 1. The minimum absolute atomic E-state index is 0.0492. The van der Waals surface area contributed by atoms with Crippen molar-refractivity contribution in [1.82, 2.24) is 0 Å². The summed E-state index contributed by atoms with van der Waals surface area (Å²) in [7, 11) is -5.12. The van der Waals surface area contributed by atoms with Crippen molar-refractivity contribution in [2.24, 2.45) is 0 Å². The van der Waals surface area contributed by atoms with Crippen LogP contribution in [0.1, 0.15) is 168 Å². The van der Waals surface area contributed by atoms with Gasteiger partial charge >= 0.3 is 19.8 Å². The lowest BCUT2D eigenvalue weighted by molar-refractivity contribution is -0.220. The Morgan fingerprint density at radius 1 is 0.544 bits per heavy atom. The fraction of sp³-hybridized carbons (Fsp3) is 0.814. The number of unbranched alkanes of at least 4 members (excludes halogenated alkanes) is 17. The second kappa shape index (κ2) is 33.9. The van der Waals surface area contributed by atoms with Crippen LogP contribution in [0, 0.1) is 0 Å². The predicted molar refractivity (Wildman–Crippen MR) is 221 cm³/mol. The maximum atomic E-state index is 12.8. The summed E-state index contributed by atoms with van der Waals surface area (Å²) in [5.41, 5.74) is 0. The van der Waals surface area contributed by atoms with Crippen molar-refractivity contribution in [1.29, 1.82) is 0 Å². The molecule has 14 heteroatoms. The molecule has 0 radical (unpaired) electrons. The van der Waals surface area contributed by atoms with E-state index in [1.165, 1.54) is 77.0 Å². The van der Waals surface area contributed by atoms with Gasteiger partial charge in [0.25, 0.3) is 0 Å². The zero-order valence-corrected chi connectivity index (χ0v) is 35.8. The highest BCUT2D eigenvalue weighted by Gasteiger charge is 2.51. The van der Waals surface area contributed by atoms with E-state index in [9.17, 15) is 44.6 Å². The number of esters is 2. The molecule has 332 valence electrons. The molecular weight excluding hydrogens is 755 g/mol. The Bertz CT molecular complexity index is 1150. The third kappa shape index (κ3) is 26.7. The van der Waals surface area contributed by atoms with E-state index >= 15 is 0 Å². The molecule has 8 atom stereocenters. The topological polar surface area (TPSA) is 210 Å². The highest BCUT2D eigenvalue weighted by molar-refractivity contribution is 7.47. The van der Waals surface area contributed by atoms with E-state index < -0.39 is 75.7 Å². The Hall–Kier alpha value is -1.93. The van der Waals surface area contributed by atoms with E-state index in [0.29, 0.717) is 12.8 Å². The average molecular weight is 833 g/mol. The maximum absolute atomic E-state index is 12.8. The molecule has 0 heterocycles. The summed E-state index contributed by atoms with van der Waals surface area (Å²) in [6.45, 7) is 3.22. The third-order valence-corrected chi connectivity index (χ3v) is 11.0. The van der Waals surface area contributed by atoms with Gasteiger partial charge in [0.05, 0.1) is 6.61 Å². The van der Waals surface area contributed by atoms with Crippen LogP contribution in [0.3, 0.4) is 0 Å². The van der Waals surface area contributed by atoms with Crippen molar-refractivity contribution in [2.75, 3.05) is 13.2 Å². The van der Waals surface area contributed by atoms with Crippen LogP contribution in [0.5, 0.6) is 0 Å². The largest absolute Gasteiger partial charge is 0.472 e. The number of carbonyl (C=O) groups is 2. The summed E-state index contributed by atoms with van der Waals surface area (Å²) < 4.78 is 33.4. The van der Waals surface area contributed by atoms with Gasteiger partial charge in [-0.1, -0.05) is 140 Å². The van der Waals surface area contributed by atoms with Crippen LogP contribution in [0.25, 0.3) is 0 Å². The molecule has 6 N–H and O–H groups in total. The second-order valence-corrected chi connectivity index (χ2v) is 16.6. The quantitative estimate of drug-likeness (QED) is 0.0156. The molecule has 0 aliphatic heterocycles. The van der Waals surface area contributed by atoms with Gasteiger partial charge < -0.3 is 39.9 Å².